The molecule has 0 bridgehead atoms. The summed E-state index contributed by atoms with van der Waals surface area (Å²) < 4.78 is 13.5. The lowest BCUT2D eigenvalue weighted by Crippen LogP contribution is -2.45. The van der Waals surface area contributed by atoms with Crippen molar-refractivity contribution in [2.75, 3.05) is 26.7 Å². The third-order valence-corrected chi connectivity index (χ3v) is 3.48. The van der Waals surface area contributed by atoms with Crippen molar-refractivity contribution in [1.29, 1.82) is 0 Å². The third kappa shape index (κ3) is 3.52. The number of aliphatic hydroxyl groups is 1. The maximum absolute atomic E-state index is 13.5. The Kier molecular flexibility index (Phi) is 4.17. The van der Waals surface area contributed by atoms with Gasteiger partial charge in [-0.1, -0.05) is 18.2 Å². The molecule has 0 aromatic heterocycles. The van der Waals surface area contributed by atoms with Crippen LogP contribution in [0.1, 0.15) is 12.0 Å². The zero-order valence-electron chi connectivity index (χ0n) is 11.0. The molecule has 0 aliphatic carbocycles. The third-order valence-electron chi connectivity index (χ3n) is 3.48. The van der Waals surface area contributed by atoms with Crippen molar-refractivity contribution in [2.24, 2.45) is 0 Å². The van der Waals surface area contributed by atoms with Crippen molar-refractivity contribution in [2.45, 2.75) is 18.4 Å². The quantitative estimate of drug-likeness (QED) is 0.837. The standard InChI is InChI=1S/C14H19FN2O2/c1-17(10-14(19)6-7-16-9-14)13(18)8-11-4-2-3-5-12(11)15/h2-5,16,19H,6-10H2,1H3. The molecule has 104 valence electrons. The molecular formula is C14H19FN2O2. The second-order valence-corrected chi connectivity index (χ2v) is 5.17. The van der Waals surface area contributed by atoms with Crippen LogP contribution in [0.2, 0.25) is 0 Å². The first-order valence-electron chi connectivity index (χ1n) is 6.41. The van der Waals surface area contributed by atoms with Crippen molar-refractivity contribution < 1.29 is 14.3 Å². The smallest absolute Gasteiger partial charge is 0.226 e. The lowest BCUT2D eigenvalue weighted by molar-refractivity contribution is -0.132. The fourth-order valence-corrected chi connectivity index (χ4v) is 2.33. The van der Waals surface area contributed by atoms with E-state index in [9.17, 15) is 14.3 Å². The molecule has 1 saturated heterocycles. The Labute approximate surface area is 112 Å². The van der Waals surface area contributed by atoms with E-state index in [-0.39, 0.29) is 24.7 Å². The number of β-amino-alcohol motifs (C(OH)–C–C–N with tert-alkyl or cyclic N) is 1. The minimum atomic E-state index is -0.861. The molecule has 0 radical (unpaired) electrons. The molecular weight excluding hydrogens is 247 g/mol. The number of nitrogens with zero attached hydrogens (tertiary/aromatic N) is 1. The minimum Gasteiger partial charge on any atom is -0.387 e. The molecule has 2 N–H and O–H groups in total. The van der Waals surface area contributed by atoms with Gasteiger partial charge in [-0.15, -0.1) is 0 Å². The number of hydrogen-bond acceptors (Lipinski definition) is 3. The number of hydrogen-bond donors (Lipinski definition) is 2. The van der Waals surface area contributed by atoms with Gasteiger partial charge in [0.1, 0.15) is 5.82 Å². The van der Waals surface area contributed by atoms with Crippen LogP contribution in [0.4, 0.5) is 4.39 Å². The Morgan fingerprint density at radius 3 is 2.89 bits per heavy atom. The fourth-order valence-electron chi connectivity index (χ4n) is 2.33. The first kappa shape index (κ1) is 14.0. The molecule has 19 heavy (non-hydrogen) atoms. The highest BCUT2D eigenvalue weighted by atomic mass is 19.1. The molecule has 1 unspecified atom stereocenters. The van der Waals surface area contributed by atoms with Gasteiger partial charge in [0.15, 0.2) is 0 Å². The number of amides is 1. The van der Waals surface area contributed by atoms with Crippen LogP contribution in [-0.2, 0) is 11.2 Å². The maximum atomic E-state index is 13.5. The van der Waals surface area contributed by atoms with E-state index < -0.39 is 5.60 Å². The summed E-state index contributed by atoms with van der Waals surface area (Å²) >= 11 is 0. The lowest BCUT2D eigenvalue weighted by Gasteiger charge is -2.28. The molecule has 2 rings (SSSR count). The predicted octanol–water partition coefficient (Wildman–Crippen LogP) is 0.551. The van der Waals surface area contributed by atoms with Gasteiger partial charge in [-0.25, -0.2) is 4.39 Å². The van der Waals surface area contributed by atoms with E-state index in [1.54, 1.807) is 25.2 Å². The van der Waals surface area contributed by atoms with Crippen LogP contribution in [0, 0.1) is 5.82 Å². The van der Waals surface area contributed by atoms with Gasteiger partial charge in [0, 0.05) is 13.6 Å². The Hall–Kier alpha value is -1.46. The van der Waals surface area contributed by atoms with Gasteiger partial charge < -0.3 is 15.3 Å². The van der Waals surface area contributed by atoms with Crippen molar-refractivity contribution in [3.8, 4) is 0 Å². The summed E-state index contributed by atoms with van der Waals surface area (Å²) in [6.07, 6.45) is 0.650. The Morgan fingerprint density at radius 1 is 1.53 bits per heavy atom. The first-order chi connectivity index (χ1) is 9.00. The van der Waals surface area contributed by atoms with Crippen LogP contribution in [0.15, 0.2) is 24.3 Å². The van der Waals surface area contributed by atoms with Crippen LogP contribution in [-0.4, -0.2) is 48.2 Å². The van der Waals surface area contributed by atoms with Crippen LogP contribution >= 0.6 is 0 Å². The molecule has 1 heterocycles. The first-order valence-corrected chi connectivity index (χ1v) is 6.41. The average Bonchev–Trinajstić information content (AvgIpc) is 2.78. The molecule has 1 fully saturated rings. The fraction of sp³-hybridized carbons (Fsp3) is 0.500. The average molecular weight is 266 g/mol. The van der Waals surface area contributed by atoms with Crippen molar-refractivity contribution in [1.82, 2.24) is 10.2 Å². The minimum absolute atomic E-state index is 0.0205. The zero-order chi connectivity index (χ0) is 13.9. The van der Waals surface area contributed by atoms with Crippen LogP contribution < -0.4 is 5.32 Å². The van der Waals surface area contributed by atoms with Gasteiger partial charge in [-0.05, 0) is 24.6 Å². The monoisotopic (exact) mass is 266 g/mol. The van der Waals surface area contributed by atoms with E-state index >= 15 is 0 Å². The number of nitrogens with one attached hydrogen (secondary N) is 1. The van der Waals surface area contributed by atoms with Gasteiger partial charge in [-0.3, -0.25) is 4.79 Å². The molecule has 0 spiro atoms. The van der Waals surface area contributed by atoms with Crippen LogP contribution in [0.25, 0.3) is 0 Å². The van der Waals surface area contributed by atoms with E-state index in [1.807, 2.05) is 0 Å². The SMILES string of the molecule is CN(CC1(O)CCNC1)C(=O)Cc1ccccc1F. The van der Waals surface area contributed by atoms with Crippen LogP contribution in [0.3, 0.4) is 0 Å². The van der Waals surface area contributed by atoms with Crippen molar-refractivity contribution in [3.05, 3.63) is 35.6 Å². The molecule has 1 aliphatic heterocycles. The molecule has 4 nitrogen and oxygen atoms in total. The summed E-state index contributed by atoms with van der Waals surface area (Å²) in [7, 11) is 1.64. The number of rotatable bonds is 4. The summed E-state index contributed by atoms with van der Waals surface area (Å²) in [5, 5.41) is 13.3. The lowest BCUT2D eigenvalue weighted by atomic mass is 10.0. The van der Waals surface area contributed by atoms with Gasteiger partial charge in [0.2, 0.25) is 5.91 Å². The zero-order valence-corrected chi connectivity index (χ0v) is 11.0. The van der Waals surface area contributed by atoms with E-state index in [0.29, 0.717) is 18.5 Å². The number of carbonyl (C=O) groups is 1. The molecule has 5 heteroatoms. The highest BCUT2D eigenvalue weighted by molar-refractivity contribution is 5.78. The number of carbonyl (C=O) groups excluding carboxylic acids is 1. The topological polar surface area (TPSA) is 52.6 Å². The Balaban J connectivity index is 1.94. The van der Waals surface area contributed by atoms with Gasteiger partial charge in [-0.2, -0.15) is 0 Å². The molecule has 1 aromatic carbocycles. The van der Waals surface area contributed by atoms with Crippen LogP contribution in [0.5, 0.6) is 0 Å². The van der Waals surface area contributed by atoms with E-state index in [1.165, 1.54) is 11.0 Å². The van der Waals surface area contributed by atoms with E-state index in [0.717, 1.165) is 6.54 Å². The molecule has 0 saturated carbocycles. The van der Waals surface area contributed by atoms with Gasteiger partial charge in [0.05, 0.1) is 18.6 Å². The van der Waals surface area contributed by atoms with E-state index in [4.69, 9.17) is 0 Å². The molecule has 1 aromatic rings. The van der Waals surface area contributed by atoms with E-state index in [2.05, 4.69) is 5.32 Å². The van der Waals surface area contributed by atoms with Crippen molar-refractivity contribution in [3.63, 3.8) is 0 Å². The Bertz CT molecular complexity index is 459. The largest absolute Gasteiger partial charge is 0.387 e. The molecule has 1 amide bonds. The normalized spacial score (nSPS) is 22.5. The highest BCUT2D eigenvalue weighted by Gasteiger charge is 2.33. The Morgan fingerprint density at radius 2 is 2.26 bits per heavy atom. The molecule has 1 atom stereocenters. The summed E-state index contributed by atoms with van der Waals surface area (Å²) in [5.74, 6) is -0.559. The predicted molar refractivity (Wildman–Crippen MR) is 70.2 cm³/mol. The second-order valence-electron chi connectivity index (χ2n) is 5.17. The summed E-state index contributed by atoms with van der Waals surface area (Å²) in [5.41, 5.74) is -0.476. The second kappa shape index (κ2) is 5.67. The number of halogens is 1. The number of likely N-dealkylation sites (N-methyl/N-ethyl adjacent to an activating group) is 1. The summed E-state index contributed by atoms with van der Waals surface area (Å²) in [6, 6.07) is 6.25. The molecule has 1 aliphatic rings. The van der Waals surface area contributed by atoms with Gasteiger partial charge in [0.25, 0.3) is 0 Å². The van der Waals surface area contributed by atoms with Gasteiger partial charge >= 0.3 is 0 Å². The van der Waals surface area contributed by atoms with Crippen molar-refractivity contribution >= 4 is 5.91 Å². The summed E-state index contributed by atoms with van der Waals surface area (Å²) in [6.45, 7) is 1.52. The highest BCUT2D eigenvalue weighted by Crippen LogP contribution is 2.16. The number of benzene rings is 1. The summed E-state index contributed by atoms with van der Waals surface area (Å²) in [4.78, 5) is 13.5. The maximum Gasteiger partial charge on any atom is 0.226 e.